The van der Waals surface area contributed by atoms with Gasteiger partial charge in [0, 0.05) is 0 Å². The van der Waals surface area contributed by atoms with Gasteiger partial charge in [-0.2, -0.15) is 0 Å². The molecule has 1 fully saturated rings. The number of nitrogens with two attached hydrogens (primary N) is 1. The second-order valence-electron chi connectivity index (χ2n) is 5.82. The molecule has 1 saturated carbocycles. The molecule has 0 saturated heterocycles. The first-order valence-electron chi connectivity index (χ1n) is 7.38. The van der Waals surface area contributed by atoms with Crippen LogP contribution >= 0.6 is 0 Å². The topological polar surface area (TPSA) is 47.3 Å². The summed E-state index contributed by atoms with van der Waals surface area (Å²) in [6.45, 7) is 5.06. The van der Waals surface area contributed by atoms with Crippen molar-refractivity contribution in [1.82, 2.24) is 5.43 Å². The third-order valence-electron chi connectivity index (χ3n) is 4.38. The molecule has 3 nitrogen and oxygen atoms in total. The fraction of sp³-hybridized carbons (Fsp3) is 0.625. The lowest BCUT2D eigenvalue weighted by Crippen LogP contribution is -2.41. The molecule has 3 N–H and O–H groups in total. The molecule has 1 aromatic carbocycles. The minimum Gasteiger partial charge on any atom is -0.494 e. The van der Waals surface area contributed by atoms with Crippen LogP contribution in [0.3, 0.4) is 0 Å². The van der Waals surface area contributed by atoms with Crippen LogP contribution in [0, 0.1) is 5.41 Å². The molecule has 0 radical (unpaired) electrons. The highest BCUT2D eigenvalue weighted by atomic mass is 16.5. The maximum Gasteiger partial charge on any atom is 0.119 e. The van der Waals surface area contributed by atoms with Crippen LogP contribution in [-0.2, 0) is 0 Å². The van der Waals surface area contributed by atoms with Gasteiger partial charge < -0.3 is 4.74 Å². The summed E-state index contributed by atoms with van der Waals surface area (Å²) in [6.07, 6.45) is 6.47. The Morgan fingerprint density at radius 3 is 2.37 bits per heavy atom. The molecular weight excluding hydrogens is 236 g/mol. The van der Waals surface area contributed by atoms with Crippen molar-refractivity contribution < 1.29 is 4.74 Å². The normalized spacial score (nSPS) is 19.9. The van der Waals surface area contributed by atoms with Gasteiger partial charge in [-0.25, -0.2) is 0 Å². The molecule has 0 aromatic heterocycles. The maximum absolute atomic E-state index is 5.84. The Kier molecular flexibility index (Phi) is 4.83. The predicted octanol–water partition coefficient (Wildman–Crippen LogP) is 3.56. The van der Waals surface area contributed by atoms with Crippen molar-refractivity contribution in [2.45, 2.75) is 52.0 Å². The summed E-state index contributed by atoms with van der Waals surface area (Å²) in [5.41, 5.74) is 4.56. The summed E-state index contributed by atoms with van der Waals surface area (Å²) in [7, 11) is 0. The summed E-state index contributed by atoms with van der Waals surface area (Å²) >= 11 is 0. The first kappa shape index (κ1) is 14.4. The summed E-state index contributed by atoms with van der Waals surface area (Å²) in [4.78, 5) is 0. The highest BCUT2D eigenvalue weighted by Crippen LogP contribution is 2.45. The van der Waals surface area contributed by atoms with E-state index in [2.05, 4.69) is 24.5 Å². The molecule has 1 unspecified atom stereocenters. The molecular formula is C16H26N2O. The van der Waals surface area contributed by atoms with Crippen LogP contribution in [0.2, 0.25) is 0 Å². The quantitative estimate of drug-likeness (QED) is 0.630. The van der Waals surface area contributed by atoms with E-state index in [0.717, 1.165) is 5.75 Å². The Morgan fingerprint density at radius 2 is 1.84 bits per heavy atom. The van der Waals surface area contributed by atoms with Crippen molar-refractivity contribution >= 4 is 0 Å². The van der Waals surface area contributed by atoms with E-state index in [1.165, 1.54) is 37.7 Å². The molecule has 1 aliphatic rings. The number of hydrogen-bond donors (Lipinski definition) is 2. The van der Waals surface area contributed by atoms with Crippen molar-refractivity contribution in [1.29, 1.82) is 0 Å². The number of ether oxygens (including phenoxy) is 1. The number of hydrogen-bond acceptors (Lipinski definition) is 3. The lowest BCUT2D eigenvalue weighted by molar-refractivity contribution is 0.145. The van der Waals surface area contributed by atoms with Crippen LogP contribution in [0.15, 0.2) is 24.3 Å². The van der Waals surface area contributed by atoms with Gasteiger partial charge in [0.15, 0.2) is 0 Å². The van der Waals surface area contributed by atoms with Crippen LogP contribution in [-0.4, -0.2) is 6.61 Å². The number of rotatable bonds is 5. The van der Waals surface area contributed by atoms with E-state index in [4.69, 9.17) is 10.6 Å². The largest absolute Gasteiger partial charge is 0.494 e. The zero-order valence-electron chi connectivity index (χ0n) is 12.1. The lowest BCUT2D eigenvalue weighted by atomic mass is 9.69. The first-order chi connectivity index (χ1) is 9.19. The lowest BCUT2D eigenvalue weighted by Gasteiger charge is -2.40. The van der Waals surface area contributed by atoms with E-state index in [-0.39, 0.29) is 11.5 Å². The summed E-state index contributed by atoms with van der Waals surface area (Å²) < 4.78 is 5.49. The standard InChI is InChI=1S/C16H26N2O/c1-3-19-14-9-7-13(8-10-14)15(18-17)16(2)11-5-4-6-12-16/h7-10,15,18H,3-6,11-12,17H2,1-2H3. The van der Waals surface area contributed by atoms with Crippen molar-refractivity contribution in [3.63, 3.8) is 0 Å². The average molecular weight is 262 g/mol. The SMILES string of the molecule is CCOc1ccc(C(NN)C2(C)CCCCC2)cc1. The van der Waals surface area contributed by atoms with Crippen molar-refractivity contribution in [3.05, 3.63) is 29.8 Å². The van der Waals surface area contributed by atoms with E-state index in [1.807, 2.05) is 19.1 Å². The molecule has 0 bridgehead atoms. The van der Waals surface area contributed by atoms with Gasteiger partial charge in [-0.15, -0.1) is 0 Å². The minimum absolute atomic E-state index is 0.225. The third-order valence-corrected chi connectivity index (χ3v) is 4.38. The smallest absolute Gasteiger partial charge is 0.119 e. The number of hydrazine groups is 1. The Hall–Kier alpha value is -1.06. The molecule has 19 heavy (non-hydrogen) atoms. The van der Waals surface area contributed by atoms with E-state index in [9.17, 15) is 0 Å². The van der Waals surface area contributed by atoms with E-state index in [0.29, 0.717) is 6.61 Å². The molecule has 0 heterocycles. The molecule has 1 aromatic rings. The number of benzene rings is 1. The Labute approximate surface area is 116 Å². The molecule has 1 aliphatic carbocycles. The highest BCUT2D eigenvalue weighted by molar-refractivity contribution is 5.30. The fourth-order valence-electron chi connectivity index (χ4n) is 3.27. The Bertz CT molecular complexity index is 382. The van der Waals surface area contributed by atoms with Crippen LogP contribution < -0.4 is 16.0 Å². The van der Waals surface area contributed by atoms with Gasteiger partial charge in [-0.05, 0) is 42.9 Å². The van der Waals surface area contributed by atoms with Gasteiger partial charge in [0.05, 0.1) is 12.6 Å². The fourth-order valence-corrected chi connectivity index (χ4v) is 3.27. The van der Waals surface area contributed by atoms with Gasteiger partial charge in [-0.1, -0.05) is 38.3 Å². The van der Waals surface area contributed by atoms with Gasteiger partial charge in [0.25, 0.3) is 0 Å². The summed E-state index contributed by atoms with van der Waals surface area (Å²) in [6, 6.07) is 8.57. The predicted molar refractivity (Wildman–Crippen MR) is 78.9 cm³/mol. The van der Waals surface area contributed by atoms with Gasteiger partial charge in [0.2, 0.25) is 0 Å². The first-order valence-corrected chi connectivity index (χ1v) is 7.38. The van der Waals surface area contributed by atoms with Crippen molar-refractivity contribution in [2.75, 3.05) is 6.61 Å². The van der Waals surface area contributed by atoms with Crippen LogP contribution in [0.5, 0.6) is 5.75 Å². The molecule has 106 valence electrons. The van der Waals surface area contributed by atoms with E-state index >= 15 is 0 Å². The maximum atomic E-state index is 5.84. The molecule has 3 heteroatoms. The Morgan fingerprint density at radius 1 is 1.21 bits per heavy atom. The second-order valence-corrected chi connectivity index (χ2v) is 5.82. The zero-order chi connectivity index (χ0) is 13.7. The molecule has 2 rings (SSSR count). The van der Waals surface area contributed by atoms with Crippen molar-refractivity contribution in [2.24, 2.45) is 11.3 Å². The van der Waals surface area contributed by atoms with Crippen LogP contribution in [0.25, 0.3) is 0 Å². The van der Waals surface area contributed by atoms with Crippen molar-refractivity contribution in [3.8, 4) is 5.75 Å². The minimum atomic E-state index is 0.225. The summed E-state index contributed by atoms with van der Waals surface area (Å²) in [5.74, 6) is 6.76. The summed E-state index contributed by atoms with van der Waals surface area (Å²) in [5, 5.41) is 0. The second kappa shape index (κ2) is 6.40. The van der Waals surface area contributed by atoms with Crippen LogP contribution in [0.1, 0.15) is 57.6 Å². The molecule has 0 amide bonds. The average Bonchev–Trinajstić information content (AvgIpc) is 2.42. The molecule has 0 spiro atoms. The van der Waals surface area contributed by atoms with Gasteiger partial charge in [0.1, 0.15) is 5.75 Å². The Balaban J connectivity index is 2.16. The van der Waals surface area contributed by atoms with Crippen LogP contribution in [0.4, 0.5) is 0 Å². The molecule has 0 aliphatic heterocycles. The third kappa shape index (κ3) is 3.28. The zero-order valence-corrected chi connectivity index (χ0v) is 12.1. The van der Waals surface area contributed by atoms with Gasteiger partial charge >= 0.3 is 0 Å². The number of nitrogens with one attached hydrogen (secondary N) is 1. The monoisotopic (exact) mass is 262 g/mol. The van der Waals surface area contributed by atoms with Gasteiger partial charge in [-0.3, -0.25) is 11.3 Å². The van der Waals surface area contributed by atoms with E-state index in [1.54, 1.807) is 0 Å². The molecule has 1 atom stereocenters. The highest BCUT2D eigenvalue weighted by Gasteiger charge is 2.35. The van der Waals surface area contributed by atoms with E-state index < -0.39 is 0 Å².